The van der Waals surface area contributed by atoms with Crippen LogP contribution in [0.3, 0.4) is 0 Å². The molecule has 47 heavy (non-hydrogen) atoms. The Morgan fingerprint density at radius 3 is 2.45 bits per heavy atom. The molecule has 3 aromatic rings. The number of pyridine rings is 1. The van der Waals surface area contributed by atoms with Gasteiger partial charge in [0.05, 0.1) is 31.6 Å². The molecule has 1 saturated heterocycles. The van der Waals surface area contributed by atoms with Crippen LogP contribution in [0.2, 0.25) is 0 Å². The highest BCUT2D eigenvalue weighted by Gasteiger charge is 2.48. The minimum Gasteiger partial charge on any atom is -0.496 e. The minimum atomic E-state index is -3.96. The zero-order chi connectivity index (χ0) is 32.9. The maximum Gasteiger partial charge on any atom is 0.586 e. The Bertz CT molecular complexity index is 1710. The smallest absolute Gasteiger partial charge is 0.496 e. The zero-order valence-corrected chi connectivity index (χ0v) is 25.8. The third-order valence-corrected chi connectivity index (χ3v) is 9.47. The Kier molecular flexibility index (Phi) is 8.08. The maximum absolute atomic E-state index is 14.0. The number of aromatic nitrogens is 1. The van der Waals surface area contributed by atoms with E-state index in [1.807, 2.05) is 0 Å². The summed E-state index contributed by atoms with van der Waals surface area (Å²) in [6.45, 7) is 4.75. The van der Waals surface area contributed by atoms with Gasteiger partial charge in [-0.2, -0.15) is 0 Å². The molecule has 14 heteroatoms. The van der Waals surface area contributed by atoms with Gasteiger partial charge >= 0.3 is 6.29 Å². The van der Waals surface area contributed by atoms with Crippen molar-refractivity contribution >= 4 is 29.0 Å². The van der Waals surface area contributed by atoms with Crippen LogP contribution < -0.4 is 30.2 Å². The number of hydrogen-bond acceptors (Lipinski definition) is 9. The number of anilines is 3. The van der Waals surface area contributed by atoms with Crippen molar-refractivity contribution in [3.63, 3.8) is 0 Å². The Hall–Kier alpha value is -4.56. The summed E-state index contributed by atoms with van der Waals surface area (Å²) >= 11 is 0. The largest absolute Gasteiger partial charge is 0.586 e. The van der Waals surface area contributed by atoms with Gasteiger partial charge in [0.25, 0.3) is 11.8 Å². The van der Waals surface area contributed by atoms with Crippen LogP contribution in [0.25, 0.3) is 0 Å². The van der Waals surface area contributed by atoms with Gasteiger partial charge in [-0.15, -0.1) is 8.78 Å². The quantitative estimate of drug-likeness (QED) is 0.298. The molecule has 2 amide bonds. The number of alkyl halides is 2. The van der Waals surface area contributed by atoms with E-state index in [1.54, 1.807) is 6.07 Å². The summed E-state index contributed by atoms with van der Waals surface area (Å²) in [4.78, 5) is 34.5. The van der Waals surface area contributed by atoms with Crippen molar-refractivity contribution in [3.05, 3.63) is 65.1 Å². The highest BCUT2D eigenvalue weighted by molar-refractivity contribution is 6.15. The molecule has 2 aromatic carbocycles. The standard InChI is InChI=1S/C33H34F3N5O6/c1-17-11-20(3-4-22(17)34)38-31(42)21-14-27-28(47-33(35,36)46-27)16-24(21)40-32(43)29-26(44-2)5-6-37-30(29)39-23-15-25(19-12-18(23)13-19)41-7-9-45-10-8-41/h3-6,11,14,16,18-19,23,25H,7-10,12-13,15H2,1-2H3,(H,37,39)(H,38,42)(H,40,43)/t18?,19?,23-,25+/m1/s1. The Balaban J connectivity index is 1.17. The van der Waals surface area contributed by atoms with Gasteiger partial charge < -0.3 is 34.9 Å². The van der Waals surface area contributed by atoms with E-state index < -0.39 is 23.9 Å². The van der Waals surface area contributed by atoms with Crippen LogP contribution in [-0.2, 0) is 4.74 Å². The Labute approximate surface area is 268 Å². The number of halogens is 3. The number of carbonyl (C=O) groups excluding carboxylic acids is 2. The molecule has 5 aliphatic rings. The number of methoxy groups -OCH3 is 1. The molecular formula is C33H34F3N5O6. The molecule has 4 fully saturated rings. The lowest BCUT2D eigenvalue weighted by Gasteiger charge is -2.55. The molecule has 11 nitrogen and oxygen atoms in total. The van der Waals surface area contributed by atoms with Gasteiger partial charge in [0.2, 0.25) is 0 Å². The molecule has 3 saturated carbocycles. The van der Waals surface area contributed by atoms with Crippen molar-refractivity contribution in [1.82, 2.24) is 9.88 Å². The van der Waals surface area contributed by atoms with Gasteiger partial charge in [-0.25, -0.2) is 9.37 Å². The van der Waals surface area contributed by atoms with Crippen molar-refractivity contribution in [2.45, 2.75) is 44.6 Å². The first-order valence-corrected chi connectivity index (χ1v) is 15.5. The van der Waals surface area contributed by atoms with Crippen LogP contribution in [0.15, 0.2) is 42.6 Å². The number of carbonyl (C=O) groups is 2. The number of nitrogens with zero attached hydrogens (tertiary/aromatic N) is 2. The number of ether oxygens (including phenoxy) is 4. The summed E-state index contributed by atoms with van der Waals surface area (Å²) in [5, 5.41) is 8.82. The van der Waals surface area contributed by atoms with Gasteiger partial charge in [0.1, 0.15) is 22.9 Å². The third-order valence-electron chi connectivity index (χ3n) is 9.47. The molecule has 1 aromatic heterocycles. The summed E-state index contributed by atoms with van der Waals surface area (Å²) in [5.41, 5.74) is 0.310. The second kappa shape index (κ2) is 12.2. The van der Waals surface area contributed by atoms with Crippen molar-refractivity contribution in [3.8, 4) is 17.2 Å². The molecule has 2 aliphatic heterocycles. The summed E-state index contributed by atoms with van der Waals surface area (Å²) in [6, 6.07) is 8.13. The van der Waals surface area contributed by atoms with Crippen LogP contribution in [0.5, 0.6) is 17.2 Å². The number of benzene rings is 2. The molecule has 0 spiro atoms. The molecule has 3 heterocycles. The highest BCUT2D eigenvalue weighted by atomic mass is 19.3. The molecule has 0 radical (unpaired) electrons. The van der Waals surface area contributed by atoms with Gasteiger partial charge in [0.15, 0.2) is 11.5 Å². The lowest BCUT2D eigenvalue weighted by Crippen LogP contribution is -2.59. The number of fused-ring (bicyclic) bond motifs is 3. The fraction of sp³-hybridized carbons (Fsp3) is 0.424. The van der Waals surface area contributed by atoms with Gasteiger partial charge in [-0.3, -0.25) is 14.5 Å². The first kappa shape index (κ1) is 31.1. The molecular weight excluding hydrogens is 619 g/mol. The normalized spacial score (nSPS) is 24.2. The lowest BCUT2D eigenvalue weighted by molar-refractivity contribution is -0.286. The van der Waals surface area contributed by atoms with Crippen LogP contribution in [0.4, 0.5) is 30.4 Å². The summed E-state index contributed by atoms with van der Waals surface area (Å²) in [5.74, 6) is -1.07. The fourth-order valence-electron chi connectivity index (χ4n) is 7.04. The van der Waals surface area contributed by atoms with Crippen LogP contribution in [-0.4, -0.2) is 73.5 Å². The minimum absolute atomic E-state index is 0.0623. The van der Waals surface area contributed by atoms with E-state index in [4.69, 9.17) is 9.47 Å². The topological polar surface area (TPSA) is 123 Å². The number of morpholine rings is 1. The van der Waals surface area contributed by atoms with E-state index in [1.165, 1.54) is 38.4 Å². The molecule has 0 unspecified atom stereocenters. The van der Waals surface area contributed by atoms with E-state index in [9.17, 15) is 22.8 Å². The summed E-state index contributed by atoms with van der Waals surface area (Å²) in [6.07, 6.45) is 0.628. The van der Waals surface area contributed by atoms with Crippen molar-refractivity contribution < 1.29 is 41.7 Å². The van der Waals surface area contributed by atoms with E-state index in [0.717, 1.165) is 44.5 Å². The second-order valence-electron chi connectivity index (χ2n) is 12.3. The van der Waals surface area contributed by atoms with Crippen LogP contribution in [0, 0.1) is 24.6 Å². The second-order valence-corrected chi connectivity index (χ2v) is 12.3. The fourth-order valence-corrected chi connectivity index (χ4v) is 7.04. The van der Waals surface area contributed by atoms with Gasteiger partial charge in [-0.05, 0) is 73.9 Å². The molecule has 8 rings (SSSR count). The van der Waals surface area contributed by atoms with Crippen LogP contribution in [0.1, 0.15) is 45.5 Å². The third kappa shape index (κ3) is 6.14. The zero-order valence-electron chi connectivity index (χ0n) is 25.8. The van der Waals surface area contributed by atoms with Crippen molar-refractivity contribution in [1.29, 1.82) is 0 Å². The number of aryl methyl sites for hydroxylation is 1. The van der Waals surface area contributed by atoms with Crippen molar-refractivity contribution in [2.75, 3.05) is 49.4 Å². The lowest BCUT2D eigenvalue weighted by atomic mass is 9.60. The van der Waals surface area contributed by atoms with E-state index in [0.29, 0.717) is 36.9 Å². The molecule has 3 N–H and O–H groups in total. The molecule has 248 valence electrons. The molecule has 3 aliphatic carbocycles. The first-order chi connectivity index (χ1) is 22.6. The average Bonchev–Trinajstić information content (AvgIpc) is 3.34. The van der Waals surface area contributed by atoms with Gasteiger partial charge in [-0.1, -0.05) is 0 Å². The van der Waals surface area contributed by atoms with E-state index in [-0.39, 0.29) is 51.4 Å². The molecule has 2 bridgehead atoms. The predicted octanol–water partition coefficient (Wildman–Crippen LogP) is 5.28. The summed E-state index contributed by atoms with van der Waals surface area (Å²) in [7, 11) is 1.42. The molecule has 2 atom stereocenters. The van der Waals surface area contributed by atoms with Crippen LogP contribution >= 0.6 is 0 Å². The predicted molar refractivity (Wildman–Crippen MR) is 165 cm³/mol. The number of rotatable bonds is 8. The Morgan fingerprint density at radius 2 is 1.72 bits per heavy atom. The Morgan fingerprint density at radius 1 is 0.979 bits per heavy atom. The van der Waals surface area contributed by atoms with E-state index >= 15 is 0 Å². The first-order valence-electron chi connectivity index (χ1n) is 15.5. The van der Waals surface area contributed by atoms with Crippen molar-refractivity contribution in [2.24, 2.45) is 11.8 Å². The van der Waals surface area contributed by atoms with Gasteiger partial charge in [0, 0.05) is 43.1 Å². The van der Waals surface area contributed by atoms with E-state index in [2.05, 4.69) is 35.3 Å². The number of amides is 2. The SMILES string of the molecule is COc1ccnc(N[C@@H]2C[C@H](N3CCOCC3)C3CC2C3)c1C(=O)Nc1cc2c(cc1C(=O)Nc1ccc(F)c(C)c1)OC(F)(F)O2. The average molecular weight is 654 g/mol. The summed E-state index contributed by atoms with van der Waals surface area (Å²) < 4.78 is 62.1. The monoisotopic (exact) mass is 653 g/mol. The number of hydrogen-bond donors (Lipinski definition) is 3. The maximum atomic E-state index is 14.0. The highest BCUT2D eigenvalue weighted by Crippen LogP contribution is 2.49. The number of nitrogens with one attached hydrogen (secondary N) is 3.